The highest BCUT2D eigenvalue weighted by Gasteiger charge is 2.31. The molecule has 0 aliphatic rings. The van der Waals surface area contributed by atoms with Crippen LogP contribution in [-0.2, 0) is 6.18 Å². The molecule has 0 unspecified atom stereocenters. The summed E-state index contributed by atoms with van der Waals surface area (Å²) in [4.78, 5) is 14.3. The molecule has 1 aromatic heterocycles. The number of urea groups is 1. The number of pyridine rings is 1. The van der Waals surface area contributed by atoms with E-state index in [1.165, 1.54) is 18.2 Å². The lowest BCUT2D eigenvalue weighted by atomic mass is 10.3. The highest BCUT2D eigenvalue weighted by Crippen LogP contribution is 2.37. The van der Waals surface area contributed by atoms with E-state index in [0.29, 0.717) is 12.3 Å². The van der Waals surface area contributed by atoms with Crippen LogP contribution in [0.25, 0.3) is 0 Å². The molecule has 0 atom stereocenters. The van der Waals surface area contributed by atoms with Crippen molar-refractivity contribution in [1.29, 1.82) is 0 Å². The summed E-state index contributed by atoms with van der Waals surface area (Å²) in [5.41, 5.74) is 4.25. The topological polar surface area (TPSA) is 77.2 Å². The summed E-state index contributed by atoms with van der Waals surface area (Å²) in [5, 5.41) is 2.09. The summed E-state index contributed by atoms with van der Waals surface area (Å²) >= 11 is 11.7. The molecule has 1 heterocycles. The molecule has 0 aliphatic heterocycles. The monoisotopic (exact) mass is 365 g/mol. The number of halogens is 5. The Morgan fingerprint density at radius 2 is 1.91 bits per heavy atom. The minimum absolute atomic E-state index is 0.0343. The second-order valence-electron chi connectivity index (χ2n) is 4.25. The van der Waals surface area contributed by atoms with Crippen LogP contribution < -0.4 is 15.8 Å². The number of benzene rings is 1. The van der Waals surface area contributed by atoms with Gasteiger partial charge in [0.25, 0.3) is 0 Å². The largest absolute Gasteiger partial charge is 0.436 e. The number of anilines is 1. The summed E-state index contributed by atoms with van der Waals surface area (Å²) < 4.78 is 43.0. The molecule has 23 heavy (non-hydrogen) atoms. The van der Waals surface area contributed by atoms with Gasteiger partial charge in [-0.05, 0) is 18.2 Å². The lowest BCUT2D eigenvalue weighted by Crippen LogP contribution is -2.19. The van der Waals surface area contributed by atoms with E-state index in [2.05, 4.69) is 10.3 Å². The summed E-state index contributed by atoms with van der Waals surface area (Å²) in [6, 6.07) is 4.07. The Hall–Kier alpha value is -2.19. The predicted octanol–water partition coefficient (Wildman–Crippen LogP) is 4.69. The maximum atomic E-state index is 12.6. The molecule has 0 radical (unpaired) electrons. The van der Waals surface area contributed by atoms with Crippen LogP contribution in [0.3, 0.4) is 0 Å². The Bertz CT molecular complexity index is 754. The standard InChI is InChI=1S/C13H8Cl2F3N3O2/c14-8-2-1-7(21-12(19)22)4-10(8)23-11-9(15)3-6(5-20-11)13(16,17)18/h1-5H,(H3,19,21,22). The number of aromatic nitrogens is 1. The van der Waals surface area contributed by atoms with Gasteiger partial charge in [0.2, 0.25) is 5.88 Å². The van der Waals surface area contributed by atoms with Crippen molar-refractivity contribution in [3.63, 3.8) is 0 Å². The van der Waals surface area contributed by atoms with Crippen molar-refractivity contribution in [2.24, 2.45) is 5.73 Å². The SMILES string of the molecule is NC(=O)Nc1ccc(Cl)c(Oc2ncc(C(F)(F)F)cc2Cl)c1. The molecule has 0 saturated heterocycles. The van der Waals surface area contributed by atoms with Gasteiger partial charge in [0.15, 0.2) is 0 Å². The first-order valence-electron chi connectivity index (χ1n) is 5.93. The van der Waals surface area contributed by atoms with E-state index >= 15 is 0 Å². The van der Waals surface area contributed by atoms with E-state index in [0.717, 1.165) is 0 Å². The van der Waals surface area contributed by atoms with Gasteiger partial charge in [-0.2, -0.15) is 13.2 Å². The van der Waals surface area contributed by atoms with Crippen LogP contribution in [0, 0.1) is 0 Å². The second kappa shape index (κ2) is 6.51. The van der Waals surface area contributed by atoms with Gasteiger partial charge in [0.1, 0.15) is 10.8 Å². The second-order valence-corrected chi connectivity index (χ2v) is 5.06. The zero-order valence-electron chi connectivity index (χ0n) is 11.1. The van der Waals surface area contributed by atoms with Crippen molar-refractivity contribution < 1.29 is 22.7 Å². The smallest absolute Gasteiger partial charge is 0.417 e. The fraction of sp³-hybridized carbons (Fsp3) is 0.0769. The molecule has 2 aromatic rings. The van der Waals surface area contributed by atoms with Crippen molar-refractivity contribution in [2.75, 3.05) is 5.32 Å². The van der Waals surface area contributed by atoms with E-state index in [1.54, 1.807) is 0 Å². The Labute approximate surface area is 138 Å². The van der Waals surface area contributed by atoms with Crippen molar-refractivity contribution >= 4 is 34.9 Å². The maximum Gasteiger partial charge on any atom is 0.417 e. The zero-order chi connectivity index (χ0) is 17.2. The van der Waals surface area contributed by atoms with E-state index < -0.39 is 17.8 Å². The number of nitrogens with zero attached hydrogens (tertiary/aromatic N) is 1. The minimum atomic E-state index is -4.57. The summed E-state index contributed by atoms with van der Waals surface area (Å²) in [6.07, 6.45) is -3.99. The third-order valence-electron chi connectivity index (χ3n) is 2.54. The third-order valence-corrected chi connectivity index (χ3v) is 3.12. The normalized spacial score (nSPS) is 11.2. The van der Waals surface area contributed by atoms with E-state index in [4.69, 9.17) is 33.7 Å². The molecule has 0 spiro atoms. The first-order chi connectivity index (χ1) is 10.7. The first-order valence-corrected chi connectivity index (χ1v) is 6.69. The molecule has 2 rings (SSSR count). The Morgan fingerprint density at radius 1 is 1.22 bits per heavy atom. The van der Waals surface area contributed by atoms with Crippen LogP contribution in [0.2, 0.25) is 10.0 Å². The number of ether oxygens (including phenoxy) is 1. The van der Waals surface area contributed by atoms with Crippen LogP contribution in [0.5, 0.6) is 11.6 Å². The molecule has 122 valence electrons. The van der Waals surface area contributed by atoms with E-state index in [1.807, 2.05) is 0 Å². The van der Waals surface area contributed by atoms with Gasteiger partial charge in [-0.25, -0.2) is 9.78 Å². The van der Waals surface area contributed by atoms with Gasteiger partial charge in [0, 0.05) is 18.0 Å². The number of rotatable bonds is 3. The van der Waals surface area contributed by atoms with Crippen LogP contribution in [0.1, 0.15) is 5.56 Å². The quantitative estimate of drug-likeness (QED) is 0.827. The van der Waals surface area contributed by atoms with Crippen molar-refractivity contribution in [1.82, 2.24) is 4.98 Å². The number of hydrogen-bond acceptors (Lipinski definition) is 3. The van der Waals surface area contributed by atoms with Crippen molar-refractivity contribution in [3.8, 4) is 11.6 Å². The lowest BCUT2D eigenvalue weighted by Gasteiger charge is -2.12. The number of carbonyl (C=O) groups is 1. The number of primary amides is 1. The molecule has 5 nitrogen and oxygen atoms in total. The summed E-state index contributed by atoms with van der Waals surface area (Å²) in [5.74, 6) is -0.232. The molecule has 1 aromatic carbocycles. The van der Waals surface area contributed by atoms with Crippen molar-refractivity contribution in [2.45, 2.75) is 6.18 Å². The maximum absolute atomic E-state index is 12.6. The Morgan fingerprint density at radius 3 is 2.48 bits per heavy atom. The van der Waals surface area contributed by atoms with Gasteiger partial charge in [-0.15, -0.1) is 0 Å². The highest BCUT2D eigenvalue weighted by atomic mass is 35.5. The van der Waals surface area contributed by atoms with Gasteiger partial charge in [-0.1, -0.05) is 23.2 Å². The predicted molar refractivity (Wildman–Crippen MR) is 79.0 cm³/mol. The molecular formula is C13H8Cl2F3N3O2. The molecule has 0 bridgehead atoms. The molecule has 0 saturated carbocycles. The van der Waals surface area contributed by atoms with Crippen LogP contribution in [0.4, 0.5) is 23.7 Å². The van der Waals surface area contributed by atoms with Crippen molar-refractivity contribution in [3.05, 3.63) is 46.1 Å². The molecule has 3 N–H and O–H groups in total. The highest BCUT2D eigenvalue weighted by molar-refractivity contribution is 6.32. The van der Waals surface area contributed by atoms with Crippen LogP contribution in [0.15, 0.2) is 30.5 Å². The minimum Gasteiger partial charge on any atom is -0.436 e. The third kappa shape index (κ3) is 4.40. The molecule has 0 aliphatic carbocycles. The summed E-state index contributed by atoms with van der Waals surface area (Å²) in [7, 11) is 0. The Balaban J connectivity index is 2.30. The lowest BCUT2D eigenvalue weighted by molar-refractivity contribution is -0.137. The number of nitrogens with two attached hydrogens (primary N) is 1. The van der Waals surface area contributed by atoms with Crippen LogP contribution >= 0.6 is 23.2 Å². The zero-order valence-corrected chi connectivity index (χ0v) is 12.6. The van der Waals surface area contributed by atoms with E-state index in [9.17, 15) is 18.0 Å². The van der Waals surface area contributed by atoms with Gasteiger partial charge in [-0.3, -0.25) is 0 Å². The average molecular weight is 366 g/mol. The molecule has 10 heteroatoms. The molecule has 0 fully saturated rings. The van der Waals surface area contributed by atoms with Gasteiger partial charge in [0.05, 0.1) is 10.6 Å². The summed E-state index contributed by atoms with van der Waals surface area (Å²) in [6.45, 7) is 0. The number of hydrogen-bond donors (Lipinski definition) is 2. The molecular weight excluding hydrogens is 358 g/mol. The van der Waals surface area contributed by atoms with E-state index in [-0.39, 0.29) is 27.4 Å². The number of amides is 2. The first kappa shape index (κ1) is 17.2. The van der Waals surface area contributed by atoms with Gasteiger partial charge >= 0.3 is 12.2 Å². The fourth-order valence-electron chi connectivity index (χ4n) is 1.56. The van der Waals surface area contributed by atoms with Crippen LogP contribution in [-0.4, -0.2) is 11.0 Å². The number of nitrogens with one attached hydrogen (secondary N) is 1. The Kier molecular flexibility index (Phi) is 4.86. The fourth-order valence-corrected chi connectivity index (χ4v) is 1.92. The number of alkyl halides is 3. The number of carbonyl (C=O) groups excluding carboxylic acids is 1. The average Bonchev–Trinajstić information content (AvgIpc) is 2.43. The molecule has 2 amide bonds. The van der Waals surface area contributed by atoms with Gasteiger partial charge < -0.3 is 15.8 Å².